The van der Waals surface area contributed by atoms with Crippen LogP contribution in [0.3, 0.4) is 0 Å². The number of ether oxygens (including phenoxy) is 8. The third kappa shape index (κ3) is 14.7. The van der Waals surface area contributed by atoms with E-state index in [1.54, 1.807) is 71.8 Å². The number of allylic oxidation sites excluding steroid dienone is 2. The van der Waals surface area contributed by atoms with Crippen LogP contribution in [-0.2, 0) is 57.1 Å². The van der Waals surface area contributed by atoms with E-state index in [4.69, 9.17) is 37.9 Å². The third-order valence-corrected chi connectivity index (χ3v) is 11.2. The minimum Gasteiger partial charge on any atom is -0.462 e. The van der Waals surface area contributed by atoms with Gasteiger partial charge in [-0.3, -0.25) is 14.4 Å². The lowest BCUT2D eigenvalue weighted by Gasteiger charge is -2.50. The molecule has 0 bridgehead atoms. The molecule has 0 radical (unpaired) electrons. The Labute approximate surface area is 349 Å². The number of esters is 3. The molecule has 0 spiro atoms. The second kappa shape index (κ2) is 23.4. The highest BCUT2D eigenvalue weighted by molar-refractivity contribution is 5.72. The molecule has 3 heterocycles. The van der Waals surface area contributed by atoms with Crippen LogP contribution in [-0.4, -0.2) is 151 Å². The van der Waals surface area contributed by atoms with Crippen molar-refractivity contribution in [3.63, 3.8) is 0 Å². The molecule has 16 heteroatoms. The Balaban J connectivity index is 1.99. The fourth-order valence-electron chi connectivity index (χ4n) is 8.12. The van der Waals surface area contributed by atoms with Crippen LogP contribution >= 0.6 is 0 Å². The molecule has 0 saturated carbocycles. The van der Waals surface area contributed by atoms with Crippen LogP contribution in [0.5, 0.6) is 0 Å². The van der Waals surface area contributed by atoms with Gasteiger partial charge in [0.2, 0.25) is 0 Å². The van der Waals surface area contributed by atoms with E-state index in [-0.39, 0.29) is 38.0 Å². The number of nitrogens with zero attached hydrogens (tertiary/aromatic N) is 1. The van der Waals surface area contributed by atoms with Crippen molar-refractivity contribution >= 4 is 24.2 Å². The number of hydrogen-bond acceptors (Lipinski definition) is 16. The van der Waals surface area contributed by atoms with Crippen molar-refractivity contribution in [2.45, 2.75) is 186 Å². The summed E-state index contributed by atoms with van der Waals surface area (Å²) in [5.41, 5.74) is -1.50. The Morgan fingerprint density at radius 2 is 1.69 bits per heavy atom. The predicted molar refractivity (Wildman–Crippen MR) is 214 cm³/mol. The number of aliphatic hydroxyl groups is 3. The van der Waals surface area contributed by atoms with E-state index >= 15 is 0 Å². The van der Waals surface area contributed by atoms with Gasteiger partial charge < -0.3 is 62.9 Å². The van der Waals surface area contributed by atoms with Gasteiger partial charge in [0, 0.05) is 39.2 Å². The van der Waals surface area contributed by atoms with Crippen molar-refractivity contribution in [1.29, 1.82) is 0 Å². The first-order valence-electron chi connectivity index (χ1n) is 21.0. The maximum Gasteiger partial charge on any atom is 0.309 e. The molecule has 2 fully saturated rings. The van der Waals surface area contributed by atoms with Crippen LogP contribution in [0, 0.1) is 17.8 Å². The molecular weight excluding hydrogens is 770 g/mol. The van der Waals surface area contributed by atoms with E-state index in [1.807, 2.05) is 26.8 Å². The van der Waals surface area contributed by atoms with E-state index in [9.17, 15) is 34.5 Å². The summed E-state index contributed by atoms with van der Waals surface area (Å²) in [5.74, 6) is -2.72. The van der Waals surface area contributed by atoms with Crippen molar-refractivity contribution in [1.82, 2.24) is 4.90 Å². The molecule has 338 valence electrons. The fraction of sp³-hybridized carbons (Fsp3) is 0.814. The summed E-state index contributed by atoms with van der Waals surface area (Å²) in [6, 6.07) is -0.782. The Hall–Kier alpha value is -2.80. The summed E-state index contributed by atoms with van der Waals surface area (Å²) in [4.78, 5) is 52.8. The minimum atomic E-state index is -1.50. The second-order valence-electron chi connectivity index (χ2n) is 17.2. The molecule has 59 heavy (non-hydrogen) atoms. The number of carbonyl (C=O) groups is 4. The van der Waals surface area contributed by atoms with Crippen LogP contribution in [0.2, 0.25) is 0 Å². The molecule has 3 aliphatic rings. The van der Waals surface area contributed by atoms with E-state index in [1.165, 1.54) is 7.11 Å². The van der Waals surface area contributed by atoms with Gasteiger partial charge in [-0.2, -0.15) is 0 Å². The van der Waals surface area contributed by atoms with Crippen molar-refractivity contribution < 1.29 is 72.4 Å². The lowest BCUT2D eigenvalue weighted by atomic mass is 9.82. The van der Waals surface area contributed by atoms with Crippen molar-refractivity contribution in [3.05, 3.63) is 24.3 Å². The highest BCUT2D eigenvalue weighted by Crippen LogP contribution is 2.38. The molecule has 0 aromatic carbocycles. The summed E-state index contributed by atoms with van der Waals surface area (Å²) in [6.07, 6.45) is -4.07. The Morgan fingerprint density at radius 3 is 2.29 bits per heavy atom. The Kier molecular flexibility index (Phi) is 20.1. The zero-order valence-electron chi connectivity index (χ0n) is 36.8. The predicted octanol–water partition coefficient (Wildman–Crippen LogP) is 3.40. The molecule has 0 unspecified atom stereocenters. The summed E-state index contributed by atoms with van der Waals surface area (Å²) in [5, 5.41) is 34.7. The maximum atomic E-state index is 13.3. The first-order valence-corrected chi connectivity index (χ1v) is 21.0. The van der Waals surface area contributed by atoms with Gasteiger partial charge in [0.1, 0.15) is 42.4 Å². The van der Waals surface area contributed by atoms with Gasteiger partial charge in [-0.1, -0.05) is 52.0 Å². The molecule has 2 saturated heterocycles. The number of aldehydes is 1. The van der Waals surface area contributed by atoms with Crippen molar-refractivity contribution in [2.75, 3.05) is 21.2 Å². The third-order valence-electron chi connectivity index (χ3n) is 11.2. The van der Waals surface area contributed by atoms with Crippen LogP contribution in [0.4, 0.5) is 0 Å². The van der Waals surface area contributed by atoms with E-state index in [0.717, 1.165) is 6.29 Å². The highest BCUT2D eigenvalue weighted by Gasteiger charge is 2.53. The molecule has 0 amide bonds. The number of rotatable bonds is 13. The summed E-state index contributed by atoms with van der Waals surface area (Å²) in [7, 11) is 4.87. The zero-order chi connectivity index (χ0) is 44.2. The maximum absolute atomic E-state index is 13.3. The van der Waals surface area contributed by atoms with E-state index < -0.39 is 121 Å². The SMILES string of the molecule is CCC(=O)O[C@@H]1CC(=O)O[C@H](C)C/C=C/C=C/[C@H](O)[C@H](C)C[C@H](CC=O)[C@H](O[C@@H]2O[C@H](C)[C@@H](O[C@H]3C[C@@](C)(O)[C@@H](OC(=O)CC(C)C)[C@H](C)O3)[C@@H](N(C)C)[C@H]2O)[C@H]1OC. The lowest BCUT2D eigenvalue weighted by Crippen LogP contribution is -2.66. The van der Waals surface area contributed by atoms with Gasteiger partial charge in [-0.05, 0) is 66.0 Å². The molecule has 16 nitrogen and oxygen atoms in total. The quantitative estimate of drug-likeness (QED) is 0.138. The Morgan fingerprint density at radius 1 is 1.00 bits per heavy atom. The van der Waals surface area contributed by atoms with Crippen LogP contribution in [0.15, 0.2) is 24.3 Å². The number of hydrogen-bond donors (Lipinski definition) is 3. The molecule has 0 aromatic rings. The van der Waals surface area contributed by atoms with E-state index in [0.29, 0.717) is 6.42 Å². The van der Waals surface area contributed by atoms with Gasteiger partial charge in [0.15, 0.2) is 18.7 Å². The van der Waals surface area contributed by atoms with Gasteiger partial charge in [-0.15, -0.1) is 0 Å². The van der Waals surface area contributed by atoms with Crippen LogP contribution in [0.25, 0.3) is 0 Å². The highest BCUT2D eigenvalue weighted by atomic mass is 16.7. The molecule has 3 rings (SSSR count). The second-order valence-corrected chi connectivity index (χ2v) is 17.2. The first-order chi connectivity index (χ1) is 27.7. The zero-order valence-corrected chi connectivity index (χ0v) is 36.8. The summed E-state index contributed by atoms with van der Waals surface area (Å²) in [6.45, 7) is 14.0. The number of likely N-dealkylation sites (N-methyl/N-ethyl adjacent to an activating group) is 1. The summed E-state index contributed by atoms with van der Waals surface area (Å²) < 4.78 is 48.9. The molecule has 3 aliphatic heterocycles. The number of aliphatic hydroxyl groups excluding tert-OH is 2. The van der Waals surface area contributed by atoms with Crippen molar-refractivity contribution in [2.24, 2.45) is 17.8 Å². The summed E-state index contributed by atoms with van der Waals surface area (Å²) >= 11 is 0. The lowest BCUT2D eigenvalue weighted by molar-refractivity contribution is -0.344. The van der Waals surface area contributed by atoms with Crippen LogP contribution in [0.1, 0.15) is 100 Å². The average molecular weight is 842 g/mol. The molecule has 0 aromatic heterocycles. The molecular formula is C43H71NO15. The van der Waals surface area contributed by atoms with Gasteiger partial charge in [-0.25, -0.2) is 0 Å². The van der Waals surface area contributed by atoms with Crippen molar-refractivity contribution in [3.8, 4) is 0 Å². The average Bonchev–Trinajstić information content (AvgIpc) is 3.13. The van der Waals surface area contributed by atoms with Crippen LogP contribution < -0.4 is 0 Å². The van der Waals surface area contributed by atoms with E-state index in [2.05, 4.69) is 0 Å². The largest absolute Gasteiger partial charge is 0.462 e. The topological polar surface area (TPSA) is 206 Å². The van der Waals surface area contributed by atoms with Gasteiger partial charge >= 0.3 is 17.9 Å². The number of cyclic esters (lactones) is 1. The fourth-order valence-corrected chi connectivity index (χ4v) is 8.12. The molecule has 16 atom stereocenters. The number of carbonyl (C=O) groups excluding carboxylic acids is 4. The molecule has 0 aliphatic carbocycles. The monoisotopic (exact) mass is 841 g/mol. The number of methoxy groups -OCH3 is 1. The smallest absolute Gasteiger partial charge is 0.309 e. The van der Waals surface area contributed by atoms with Gasteiger partial charge in [0.25, 0.3) is 0 Å². The van der Waals surface area contributed by atoms with Gasteiger partial charge in [0.05, 0.1) is 36.9 Å². The normalized spacial score (nSPS) is 40.2. The first kappa shape index (κ1) is 50.6. The standard InChI is InChI=1S/C43H71NO15/c1-12-32(47)56-31-22-34(49)53-26(5)16-14-13-15-17-30(46)25(4)21-29(18-19-45)39(40(31)52-11)59-42-37(50)36(44(9)10)38(27(6)55-42)58-35-23-43(8,51)41(28(7)54-35)57-33(48)20-24(2)3/h13-15,17,19,24-31,35-42,46,50-51H,12,16,18,20-23H2,1-11H3/b14-13+,17-15+/t25-,26-,27-,28+,29+,30+,31-,35+,36+,37-,38-,39+,40+,41+,42+,43-/m1/s1. The Bertz CT molecular complexity index is 1400. The minimum absolute atomic E-state index is 0.00123. The molecule has 3 N–H and O–H groups in total.